The molecule has 0 aliphatic carbocycles. The van der Waals surface area contributed by atoms with Gasteiger partial charge < -0.3 is 15.1 Å². The number of hydrazine groups is 1. The number of fused-ring (bicyclic) bond motifs is 1. The number of carbonyl (C=O) groups excluding carboxylic acids is 2. The van der Waals surface area contributed by atoms with E-state index in [4.69, 9.17) is 4.74 Å². The van der Waals surface area contributed by atoms with E-state index in [1.807, 2.05) is 37.3 Å². The van der Waals surface area contributed by atoms with E-state index in [9.17, 15) is 30.2 Å². The van der Waals surface area contributed by atoms with Gasteiger partial charge in [0.1, 0.15) is 12.1 Å². The van der Waals surface area contributed by atoms with Crippen LogP contribution in [0, 0.1) is 39.7 Å². The first kappa shape index (κ1) is 29.5. The third kappa shape index (κ3) is 6.30. The van der Waals surface area contributed by atoms with Gasteiger partial charge in [0.15, 0.2) is 0 Å². The molecule has 12 heteroatoms. The Balaban J connectivity index is 1.40. The van der Waals surface area contributed by atoms with Gasteiger partial charge in [-0.25, -0.2) is 0 Å². The van der Waals surface area contributed by atoms with Crippen LogP contribution in [0.15, 0.2) is 54.6 Å². The molecule has 0 atom stereocenters. The van der Waals surface area contributed by atoms with E-state index in [2.05, 4.69) is 15.8 Å². The maximum atomic E-state index is 12.6. The number of nitrogens with one attached hydrogen (secondary N) is 2. The molecule has 0 saturated heterocycles. The van der Waals surface area contributed by atoms with Gasteiger partial charge in [-0.3, -0.25) is 30.0 Å². The molecule has 0 saturated carbocycles. The largest absolute Gasteiger partial charge is 0.383 e. The van der Waals surface area contributed by atoms with Crippen LogP contribution in [-0.2, 0) is 4.74 Å². The molecule has 0 spiro atoms. The van der Waals surface area contributed by atoms with Crippen LogP contribution in [0.4, 0.5) is 22.7 Å². The molecule has 1 aliphatic heterocycles. The van der Waals surface area contributed by atoms with E-state index >= 15 is 0 Å². The molecule has 4 rings (SSSR count). The molecule has 12 nitrogen and oxygen atoms in total. The number of hydrogen-bond donors (Lipinski definition) is 2. The first-order chi connectivity index (χ1) is 20.3. The summed E-state index contributed by atoms with van der Waals surface area (Å²) in [6, 6.07) is 18.6. The fourth-order valence-corrected chi connectivity index (χ4v) is 4.74. The third-order valence-corrected chi connectivity index (χ3v) is 6.98. The summed E-state index contributed by atoms with van der Waals surface area (Å²) in [5, 5.41) is 30.1. The average molecular weight is 568 g/mol. The number of ether oxygens (including phenoxy) is 1. The molecular weight excluding hydrogens is 538 g/mol. The van der Waals surface area contributed by atoms with Crippen LogP contribution in [0.3, 0.4) is 0 Å². The molecule has 0 aromatic heterocycles. The molecule has 2 N–H and O–H groups in total. The predicted molar refractivity (Wildman–Crippen MR) is 156 cm³/mol. The van der Waals surface area contributed by atoms with E-state index in [1.54, 1.807) is 31.4 Å². The summed E-state index contributed by atoms with van der Waals surface area (Å²) in [5.41, 5.74) is 9.00. The second kappa shape index (κ2) is 13.3. The lowest BCUT2D eigenvalue weighted by molar-refractivity contribution is -0.384. The van der Waals surface area contributed by atoms with Gasteiger partial charge in [0.2, 0.25) is 0 Å². The van der Waals surface area contributed by atoms with Crippen molar-refractivity contribution in [2.45, 2.75) is 19.8 Å². The lowest BCUT2D eigenvalue weighted by Crippen LogP contribution is -2.32. The molecular formula is C30H29N7O5. The molecule has 2 amide bonds. The van der Waals surface area contributed by atoms with Crippen LogP contribution < -0.4 is 15.8 Å². The number of aryl methyl sites for hydroxylation is 1. The number of nitriles is 2. The van der Waals surface area contributed by atoms with Crippen molar-refractivity contribution in [2.75, 3.05) is 49.1 Å². The van der Waals surface area contributed by atoms with Crippen LogP contribution in [0.25, 0.3) is 0 Å². The van der Waals surface area contributed by atoms with Crippen LogP contribution in [0.2, 0.25) is 0 Å². The van der Waals surface area contributed by atoms with E-state index in [0.29, 0.717) is 49.5 Å². The molecule has 1 heterocycles. The number of carbonyl (C=O) groups is 2. The van der Waals surface area contributed by atoms with Crippen molar-refractivity contribution in [3.8, 4) is 12.1 Å². The van der Waals surface area contributed by atoms with Crippen LogP contribution in [-0.4, -0.2) is 55.0 Å². The Morgan fingerprint density at radius 1 is 0.952 bits per heavy atom. The first-order valence-corrected chi connectivity index (χ1v) is 13.2. The number of nitrogens with zero attached hydrogens (tertiary/aromatic N) is 5. The number of benzene rings is 3. The summed E-state index contributed by atoms with van der Waals surface area (Å²) in [5.74, 6) is -0.506. The highest BCUT2D eigenvalue weighted by atomic mass is 16.6. The maximum absolute atomic E-state index is 12.6. The van der Waals surface area contributed by atoms with Crippen molar-refractivity contribution >= 4 is 34.6 Å². The van der Waals surface area contributed by atoms with E-state index in [0.717, 1.165) is 29.8 Å². The molecule has 0 radical (unpaired) electrons. The number of amides is 2. The average Bonchev–Trinajstić information content (AvgIpc) is 3.24. The van der Waals surface area contributed by atoms with Gasteiger partial charge in [-0.05, 0) is 55.7 Å². The minimum absolute atomic E-state index is 0.0329. The normalized spacial score (nSPS) is 12.0. The van der Waals surface area contributed by atoms with Crippen LogP contribution in [0.1, 0.15) is 50.2 Å². The number of hydrogen-bond acceptors (Lipinski definition) is 10. The molecule has 0 bridgehead atoms. The zero-order valence-corrected chi connectivity index (χ0v) is 23.2. The molecule has 3 aromatic carbocycles. The highest BCUT2D eigenvalue weighted by molar-refractivity contribution is 6.21. The van der Waals surface area contributed by atoms with Crippen molar-refractivity contribution in [3.05, 3.63) is 92.5 Å². The fourth-order valence-electron chi connectivity index (χ4n) is 4.74. The maximum Gasteiger partial charge on any atom is 0.272 e. The number of non-ortho nitro benzene ring substituents is 1. The van der Waals surface area contributed by atoms with Gasteiger partial charge in [-0.2, -0.15) is 10.5 Å². The Morgan fingerprint density at radius 3 is 2.14 bits per heavy atom. The number of rotatable bonds is 13. The number of nitro benzene ring substituents is 1. The van der Waals surface area contributed by atoms with Gasteiger partial charge in [-0.1, -0.05) is 12.1 Å². The molecule has 3 aromatic rings. The molecule has 0 fully saturated rings. The lowest BCUT2D eigenvalue weighted by Gasteiger charge is -2.26. The van der Waals surface area contributed by atoms with Crippen molar-refractivity contribution in [3.63, 3.8) is 0 Å². The van der Waals surface area contributed by atoms with Crippen LogP contribution >= 0.6 is 0 Å². The van der Waals surface area contributed by atoms with E-state index in [-0.39, 0.29) is 34.3 Å². The zero-order valence-electron chi connectivity index (χ0n) is 23.2. The number of methoxy groups -OCH3 is 1. The second-order valence-corrected chi connectivity index (χ2v) is 9.64. The Morgan fingerprint density at radius 2 is 1.60 bits per heavy atom. The van der Waals surface area contributed by atoms with Crippen molar-refractivity contribution < 1.29 is 19.2 Å². The van der Waals surface area contributed by atoms with Gasteiger partial charge in [0, 0.05) is 44.6 Å². The molecule has 42 heavy (non-hydrogen) atoms. The SMILES string of the molecule is COCCN(CCCCN1C(=O)c2ccccc2C1=O)c1ccc(NNc2c(C#N)cc([N+](=O)[O-])cc2C#N)c(C)c1. The molecule has 0 unspecified atom stereocenters. The summed E-state index contributed by atoms with van der Waals surface area (Å²) in [4.78, 5) is 39.2. The van der Waals surface area contributed by atoms with Crippen LogP contribution in [0.5, 0.6) is 0 Å². The number of anilines is 3. The summed E-state index contributed by atoms with van der Waals surface area (Å²) in [6.45, 7) is 4.06. The molecule has 214 valence electrons. The van der Waals surface area contributed by atoms with Crippen molar-refractivity contribution in [1.29, 1.82) is 10.5 Å². The summed E-state index contributed by atoms with van der Waals surface area (Å²) < 4.78 is 5.30. The standard InChI is InChI=1S/C30H29N7O5/c1-20-15-23(9-10-27(20)33-34-28-21(18-31)16-24(37(40)41)17-22(28)19-32)35(13-14-42-2)11-5-6-12-36-29(38)25-7-3-4-8-26(25)30(36)39/h3-4,7-10,15-17,33-34H,5-6,11-14H2,1-2H3. The van der Waals surface area contributed by atoms with Gasteiger partial charge in [0.05, 0.1) is 45.2 Å². The number of imide groups is 1. The minimum atomic E-state index is -0.651. The zero-order chi connectivity index (χ0) is 30.2. The minimum Gasteiger partial charge on any atom is -0.383 e. The summed E-state index contributed by atoms with van der Waals surface area (Å²) >= 11 is 0. The Labute approximate surface area is 242 Å². The Bertz CT molecular complexity index is 1540. The van der Waals surface area contributed by atoms with E-state index < -0.39 is 4.92 Å². The third-order valence-electron chi connectivity index (χ3n) is 6.98. The predicted octanol–water partition coefficient (Wildman–Crippen LogP) is 4.61. The highest BCUT2D eigenvalue weighted by Crippen LogP contribution is 2.29. The summed E-state index contributed by atoms with van der Waals surface area (Å²) in [7, 11) is 1.63. The Kier molecular flexibility index (Phi) is 9.32. The number of nitro groups is 1. The highest BCUT2D eigenvalue weighted by Gasteiger charge is 2.34. The fraction of sp³-hybridized carbons (Fsp3) is 0.267. The van der Waals surface area contributed by atoms with Gasteiger partial charge in [-0.15, -0.1) is 0 Å². The smallest absolute Gasteiger partial charge is 0.272 e. The van der Waals surface area contributed by atoms with Crippen molar-refractivity contribution in [2.24, 2.45) is 0 Å². The monoisotopic (exact) mass is 567 g/mol. The van der Waals surface area contributed by atoms with Gasteiger partial charge in [0.25, 0.3) is 17.5 Å². The van der Waals surface area contributed by atoms with Gasteiger partial charge >= 0.3 is 0 Å². The first-order valence-electron chi connectivity index (χ1n) is 13.2. The second-order valence-electron chi connectivity index (χ2n) is 9.64. The topological polar surface area (TPSA) is 165 Å². The lowest BCUT2D eigenvalue weighted by atomic mass is 10.1. The van der Waals surface area contributed by atoms with E-state index in [1.165, 1.54) is 4.90 Å². The Hall–Kier alpha value is -5.46. The summed E-state index contributed by atoms with van der Waals surface area (Å²) in [6.07, 6.45) is 1.39. The number of unbranched alkanes of at least 4 members (excludes halogenated alkanes) is 1. The quantitative estimate of drug-likeness (QED) is 0.129. The molecule has 1 aliphatic rings. The van der Waals surface area contributed by atoms with Crippen molar-refractivity contribution in [1.82, 2.24) is 4.90 Å².